The third-order valence-corrected chi connectivity index (χ3v) is 3.55. The van der Waals surface area contributed by atoms with Crippen LogP contribution in [0.2, 0.25) is 10.2 Å². The molecule has 2 rings (SSSR count). The Balaban J connectivity index is 1.91. The molecule has 0 fully saturated rings. The molecule has 0 bridgehead atoms. The van der Waals surface area contributed by atoms with E-state index in [0.29, 0.717) is 0 Å². The standard InChI is InChI=1S/C15H12Cl2FN3O3/c1-8(24-12-5-3-2-4-11(12)18)14(22)20-21-15(23)9-6-10(16)13(17)19-7-9/h2-8H,1H3,(H,20,22)(H,21,23). The van der Waals surface area contributed by atoms with E-state index in [1.54, 1.807) is 6.07 Å². The number of nitrogens with zero attached hydrogens (tertiary/aromatic N) is 1. The first-order valence-corrected chi connectivity index (χ1v) is 7.46. The average molecular weight is 372 g/mol. The highest BCUT2D eigenvalue weighted by atomic mass is 35.5. The number of pyridine rings is 1. The van der Waals surface area contributed by atoms with Crippen LogP contribution in [0.4, 0.5) is 4.39 Å². The van der Waals surface area contributed by atoms with Crippen LogP contribution in [0.25, 0.3) is 0 Å². The SMILES string of the molecule is CC(Oc1ccccc1F)C(=O)NNC(=O)c1cnc(Cl)c(Cl)c1. The van der Waals surface area contributed by atoms with E-state index in [-0.39, 0.29) is 21.5 Å². The van der Waals surface area contributed by atoms with Crippen molar-refractivity contribution in [2.75, 3.05) is 0 Å². The fraction of sp³-hybridized carbons (Fsp3) is 0.133. The number of aromatic nitrogens is 1. The van der Waals surface area contributed by atoms with Gasteiger partial charge < -0.3 is 4.74 Å². The molecular weight excluding hydrogens is 360 g/mol. The summed E-state index contributed by atoms with van der Waals surface area (Å²) in [6.45, 7) is 1.41. The largest absolute Gasteiger partial charge is 0.478 e. The van der Waals surface area contributed by atoms with Crippen molar-refractivity contribution in [1.82, 2.24) is 15.8 Å². The molecular formula is C15H12Cl2FN3O3. The van der Waals surface area contributed by atoms with Crippen LogP contribution in [0, 0.1) is 5.82 Å². The summed E-state index contributed by atoms with van der Waals surface area (Å²) in [6.07, 6.45) is 0.170. The van der Waals surface area contributed by atoms with E-state index >= 15 is 0 Å². The minimum Gasteiger partial charge on any atom is -0.478 e. The highest BCUT2D eigenvalue weighted by Crippen LogP contribution is 2.19. The molecule has 0 aliphatic rings. The van der Waals surface area contributed by atoms with Gasteiger partial charge in [-0.2, -0.15) is 0 Å². The van der Waals surface area contributed by atoms with E-state index in [1.165, 1.54) is 37.4 Å². The van der Waals surface area contributed by atoms with Crippen LogP contribution in [0.5, 0.6) is 5.75 Å². The van der Waals surface area contributed by atoms with Gasteiger partial charge in [-0.3, -0.25) is 20.4 Å². The van der Waals surface area contributed by atoms with Crippen LogP contribution in [-0.4, -0.2) is 22.9 Å². The summed E-state index contributed by atoms with van der Waals surface area (Å²) in [7, 11) is 0. The Morgan fingerprint density at radius 1 is 1.25 bits per heavy atom. The van der Waals surface area contributed by atoms with Crippen molar-refractivity contribution in [2.45, 2.75) is 13.0 Å². The summed E-state index contributed by atoms with van der Waals surface area (Å²) in [5, 5.41) is 0.163. The van der Waals surface area contributed by atoms with Gasteiger partial charge in [0.05, 0.1) is 10.6 Å². The maximum Gasteiger partial charge on any atom is 0.279 e. The molecule has 6 nitrogen and oxygen atoms in total. The Kier molecular flexibility index (Phi) is 5.94. The molecule has 1 atom stereocenters. The van der Waals surface area contributed by atoms with Crippen LogP contribution in [0.1, 0.15) is 17.3 Å². The first kappa shape index (κ1) is 18.0. The van der Waals surface area contributed by atoms with Crippen LogP contribution in [0.3, 0.4) is 0 Å². The molecule has 2 amide bonds. The zero-order chi connectivity index (χ0) is 17.7. The number of rotatable bonds is 4. The van der Waals surface area contributed by atoms with Gasteiger partial charge in [-0.1, -0.05) is 35.3 Å². The average Bonchev–Trinajstić information content (AvgIpc) is 2.56. The topological polar surface area (TPSA) is 80.3 Å². The number of carbonyl (C=O) groups excluding carboxylic acids is 2. The van der Waals surface area contributed by atoms with E-state index in [0.717, 1.165) is 0 Å². The summed E-state index contributed by atoms with van der Waals surface area (Å²) in [6, 6.07) is 6.97. The summed E-state index contributed by atoms with van der Waals surface area (Å²) < 4.78 is 18.7. The number of hydrogen-bond donors (Lipinski definition) is 2. The first-order chi connectivity index (χ1) is 11.4. The molecule has 0 radical (unpaired) electrons. The van der Waals surface area contributed by atoms with Crippen molar-refractivity contribution >= 4 is 35.0 Å². The Morgan fingerprint density at radius 3 is 2.62 bits per heavy atom. The second kappa shape index (κ2) is 7.94. The second-order valence-electron chi connectivity index (χ2n) is 4.63. The van der Waals surface area contributed by atoms with Crippen molar-refractivity contribution in [3.8, 4) is 5.75 Å². The number of carbonyl (C=O) groups is 2. The normalized spacial score (nSPS) is 11.5. The van der Waals surface area contributed by atoms with E-state index in [9.17, 15) is 14.0 Å². The lowest BCUT2D eigenvalue weighted by Crippen LogP contribution is -2.47. The van der Waals surface area contributed by atoms with Gasteiger partial charge >= 0.3 is 0 Å². The summed E-state index contributed by atoms with van der Waals surface area (Å²) >= 11 is 11.4. The van der Waals surface area contributed by atoms with Crippen molar-refractivity contribution < 1.29 is 18.7 Å². The van der Waals surface area contributed by atoms with Gasteiger partial charge in [-0.25, -0.2) is 9.37 Å². The van der Waals surface area contributed by atoms with Gasteiger partial charge in [0.2, 0.25) is 0 Å². The molecule has 2 aromatic rings. The van der Waals surface area contributed by atoms with Gasteiger partial charge in [0.25, 0.3) is 11.8 Å². The molecule has 1 heterocycles. The molecule has 0 saturated heterocycles. The number of nitrogens with one attached hydrogen (secondary N) is 2. The molecule has 1 aromatic heterocycles. The van der Waals surface area contributed by atoms with Gasteiger partial charge in [0.1, 0.15) is 5.15 Å². The smallest absolute Gasteiger partial charge is 0.279 e. The van der Waals surface area contributed by atoms with E-state index in [2.05, 4.69) is 15.8 Å². The minimum absolute atomic E-state index is 0.0594. The molecule has 2 N–H and O–H groups in total. The number of ether oxygens (including phenoxy) is 1. The Morgan fingerprint density at radius 2 is 1.96 bits per heavy atom. The maximum atomic E-state index is 13.5. The monoisotopic (exact) mass is 371 g/mol. The van der Waals surface area contributed by atoms with Crippen LogP contribution >= 0.6 is 23.2 Å². The van der Waals surface area contributed by atoms with Crippen molar-refractivity contribution in [3.63, 3.8) is 0 Å². The number of amides is 2. The summed E-state index contributed by atoms with van der Waals surface area (Å²) in [4.78, 5) is 27.5. The fourth-order valence-electron chi connectivity index (χ4n) is 1.62. The van der Waals surface area contributed by atoms with Crippen LogP contribution in [-0.2, 0) is 4.79 Å². The predicted octanol–water partition coefficient (Wildman–Crippen LogP) is 2.76. The Bertz CT molecular complexity index is 773. The molecule has 0 spiro atoms. The van der Waals surface area contributed by atoms with Crippen molar-refractivity contribution in [1.29, 1.82) is 0 Å². The van der Waals surface area contributed by atoms with Crippen LogP contribution < -0.4 is 15.6 Å². The summed E-state index contributed by atoms with van der Waals surface area (Å²) in [5.74, 6) is -1.98. The molecule has 0 saturated carbocycles. The van der Waals surface area contributed by atoms with E-state index in [4.69, 9.17) is 27.9 Å². The highest BCUT2D eigenvalue weighted by Gasteiger charge is 2.17. The summed E-state index contributed by atoms with van der Waals surface area (Å²) in [5.41, 5.74) is 4.44. The number of para-hydroxylation sites is 1. The Labute approximate surface area is 146 Å². The van der Waals surface area contributed by atoms with Gasteiger partial charge in [0, 0.05) is 6.20 Å². The molecule has 0 aliphatic carbocycles. The molecule has 126 valence electrons. The lowest BCUT2D eigenvalue weighted by Gasteiger charge is -2.15. The molecule has 1 aromatic carbocycles. The van der Waals surface area contributed by atoms with Gasteiger partial charge in [0.15, 0.2) is 17.7 Å². The molecule has 1 unspecified atom stereocenters. The Hall–Kier alpha value is -2.38. The first-order valence-electron chi connectivity index (χ1n) is 6.71. The molecule has 0 aliphatic heterocycles. The predicted molar refractivity (Wildman–Crippen MR) is 86.4 cm³/mol. The molecule has 9 heteroatoms. The van der Waals surface area contributed by atoms with E-state index in [1.807, 2.05) is 0 Å². The number of halogens is 3. The van der Waals surface area contributed by atoms with Gasteiger partial charge in [-0.05, 0) is 25.1 Å². The zero-order valence-corrected chi connectivity index (χ0v) is 13.9. The third kappa shape index (κ3) is 4.56. The highest BCUT2D eigenvalue weighted by molar-refractivity contribution is 6.41. The maximum absolute atomic E-state index is 13.5. The van der Waals surface area contributed by atoms with Gasteiger partial charge in [-0.15, -0.1) is 0 Å². The number of hydrogen-bond acceptors (Lipinski definition) is 4. The third-order valence-electron chi connectivity index (χ3n) is 2.87. The fourth-order valence-corrected chi connectivity index (χ4v) is 1.89. The zero-order valence-electron chi connectivity index (χ0n) is 12.3. The quantitative estimate of drug-likeness (QED) is 0.639. The second-order valence-corrected chi connectivity index (χ2v) is 5.40. The lowest BCUT2D eigenvalue weighted by atomic mass is 10.3. The van der Waals surface area contributed by atoms with Crippen molar-refractivity contribution in [3.05, 3.63) is 58.1 Å². The number of benzene rings is 1. The minimum atomic E-state index is -1.03. The lowest BCUT2D eigenvalue weighted by molar-refractivity contribution is -0.128. The molecule has 24 heavy (non-hydrogen) atoms. The van der Waals surface area contributed by atoms with Crippen molar-refractivity contribution in [2.24, 2.45) is 0 Å². The van der Waals surface area contributed by atoms with E-state index < -0.39 is 23.7 Å². The van der Waals surface area contributed by atoms with Crippen LogP contribution in [0.15, 0.2) is 36.5 Å². The number of hydrazine groups is 1.